The van der Waals surface area contributed by atoms with E-state index < -0.39 is 0 Å². The molecule has 1 aliphatic carbocycles. The van der Waals surface area contributed by atoms with E-state index in [4.69, 9.17) is 0 Å². The van der Waals surface area contributed by atoms with Crippen LogP contribution in [0.3, 0.4) is 0 Å². The topological polar surface area (TPSA) is 17.1 Å². The summed E-state index contributed by atoms with van der Waals surface area (Å²) in [6.07, 6.45) is 10.4. The molecular weight excluding hydrogens is 265 g/mol. The molecule has 1 nitrogen and oxygen atoms in total. The second-order valence-electron chi connectivity index (χ2n) is 1.77. The van der Waals surface area contributed by atoms with Gasteiger partial charge in [0.25, 0.3) is 0 Å². The van der Waals surface area contributed by atoms with Gasteiger partial charge in [0, 0.05) is 37.7 Å². The van der Waals surface area contributed by atoms with Crippen LogP contribution in [0.5, 0.6) is 0 Å². The van der Waals surface area contributed by atoms with E-state index in [0.717, 1.165) is 6.42 Å². The van der Waals surface area contributed by atoms with Gasteiger partial charge in [-0.25, -0.2) is 0 Å². The molecule has 0 spiro atoms. The average molecular weight is 272 g/mol. The zero-order valence-electron chi connectivity index (χ0n) is 4.80. The first-order valence-electron chi connectivity index (χ1n) is 2.64. The fourth-order valence-electron chi connectivity index (χ4n) is 0.668. The minimum Gasteiger partial charge on any atom is -0.541 e. The smallest absolute Gasteiger partial charge is 0 e. The first-order valence-corrected chi connectivity index (χ1v) is 2.64. The monoisotopic (exact) mass is 272 g/mol. The molecule has 1 radical (unpaired) electrons. The summed E-state index contributed by atoms with van der Waals surface area (Å²) < 4.78 is 0. The molecule has 1 aliphatic rings. The molecule has 0 saturated carbocycles. The predicted octanol–water partition coefficient (Wildman–Crippen LogP) is 1.23. The molecule has 0 fully saturated rings. The first-order chi connectivity index (χ1) is 3.93. The van der Waals surface area contributed by atoms with Gasteiger partial charge in [-0.2, -0.15) is 0 Å². The zero-order valence-corrected chi connectivity index (χ0v) is 6.74. The van der Waals surface area contributed by atoms with E-state index in [1.807, 2.05) is 30.6 Å². The molecule has 0 N–H and O–H groups in total. The van der Waals surface area contributed by atoms with Crippen molar-refractivity contribution < 1.29 is 42.5 Å². The standard InChI is InChI=1S/C7H7O.Ho/c8-6-7-4-2-1-3-5-7;/h1-4,7H,5H2;/q-1;. The van der Waals surface area contributed by atoms with Crippen molar-refractivity contribution in [3.63, 3.8) is 0 Å². The van der Waals surface area contributed by atoms with Crippen LogP contribution in [0.15, 0.2) is 24.3 Å². The summed E-state index contributed by atoms with van der Waals surface area (Å²) in [5, 5.41) is 0. The molecule has 1 atom stereocenters. The van der Waals surface area contributed by atoms with Gasteiger partial charge in [0.2, 0.25) is 0 Å². The summed E-state index contributed by atoms with van der Waals surface area (Å²) in [5.41, 5.74) is 0. The fraction of sp³-hybridized carbons (Fsp3) is 0.286. The summed E-state index contributed by atoms with van der Waals surface area (Å²) in [7, 11) is 0. The fourth-order valence-corrected chi connectivity index (χ4v) is 0.668. The second kappa shape index (κ2) is 5.21. The van der Waals surface area contributed by atoms with Crippen LogP contribution in [0.4, 0.5) is 0 Å². The number of rotatable bonds is 1. The number of carbonyl (C=O) groups excluding carboxylic acids is 1. The van der Waals surface area contributed by atoms with Crippen molar-refractivity contribution in [2.75, 3.05) is 0 Å². The largest absolute Gasteiger partial charge is 0.541 e. The van der Waals surface area contributed by atoms with Crippen molar-refractivity contribution >= 4 is 6.29 Å². The Kier molecular flexibility index (Phi) is 5.45. The molecular formula is C7H7HoO-. The molecule has 0 amide bonds. The van der Waals surface area contributed by atoms with Crippen LogP contribution in [0.1, 0.15) is 6.42 Å². The minimum atomic E-state index is 0. The Labute approximate surface area is 84.8 Å². The molecule has 0 saturated heterocycles. The van der Waals surface area contributed by atoms with Crippen molar-refractivity contribution in [1.29, 1.82) is 0 Å². The van der Waals surface area contributed by atoms with Crippen LogP contribution in [-0.2, 0) is 4.79 Å². The van der Waals surface area contributed by atoms with Crippen molar-refractivity contribution in [2.24, 2.45) is 5.92 Å². The molecule has 0 aromatic rings. The number of hydrogen-bond acceptors (Lipinski definition) is 1. The molecule has 1 rings (SSSR count). The van der Waals surface area contributed by atoms with E-state index in [2.05, 4.69) is 0 Å². The minimum absolute atomic E-state index is 0. The molecule has 1 unspecified atom stereocenters. The van der Waals surface area contributed by atoms with E-state index in [1.165, 1.54) is 0 Å². The summed E-state index contributed by atoms with van der Waals surface area (Å²) in [5.74, 6) is 0.0139. The van der Waals surface area contributed by atoms with Crippen molar-refractivity contribution in [3.05, 3.63) is 24.3 Å². The maximum Gasteiger partial charge on any atom is 0 e. The molecule has 0 bridgehead atoms. The van der Waals surface area contributed by atoms with Gasteiger partial charge in [-0.15, -0.1) is 12.0 Å². The van der Waals surface area contributed by atoms with E-state index in [9.17, 15) is 4.79 Å². The van der Waals surface area contributed by atoms with Gasteiger partial charge in [-0.3, -0.25) is 6.29 Å². The molecule has 53 valence electrons. The third-order valence-corrected chi connectivity index (χ3v) is 1.13. The quantitative estimate of drug-likeness (QED) is 0.518. The Morgan fingerprint density at radius 3 is 2.56 bits per heavy atom. The number of allylic oxidation sites excluding steroid dienone is 4. The summed E-state index contributed by atoms with van der Waals surface area (Å²) in [6.45, 7) is 0. The Balaban J connectivity index is 0.000000640. The van der Waals surface area contributed by atoms with Gasteiger partial charge in [-0.1, -0.05) is 24.6 Å². The molecule has 0 aliphatic heterocycles. The maximum atomic E-state index is 9.95. The third kappa shape index (κ3) is 3.19. The van der Waals surface area contributed by atoms with E-state index in [1.54, 1.807) is 0 Å². The zero-order chi connectivity index (χ0) is 5.82. The third-order valence-electron chi connectivity index (χ3n) is 1.13. The molecule has 0 aromatic heterocycles. The molecule has 0 heterocycles. The van der Waals surface area contributed by atoms with E-state index in [0.29, 0.717) is 0 Å². The summed E-state index contributed by atoms with van der Waals surface area (Å²) >= 11 is 0. The maximum absolute atomic E-state index is 9.95. The van der Waals surface area contributed by atoms with Gasteiger partial charge < -0.3 is 4.79 Å². The van der Waals surface area contributed by atoms with Crippen LogP contribution in [0.2, 0.25) is 0 Å². The average Bonchev–Trinajstić information content (AvgIpc) is 1.90. The van der Waals surface area contributed by atoms with Gasteiger partial charge in [0.1, 0.15) is 0 Å². The molecule has 2 heteroatoms. The van der Waals surface area contributed by atoms with E-state index >= 15 is 0 Å². The van der Waals surface area contributed by atoms with Crippen LogP contribution in [-0.4, -0.2) is 6.29 Å². The van der Waals surface area contributed by atoms with E-state index in [-0.39, 0.29) is 43.7 Å². The second-order valence-corrected chi connectivity index (χ2v) is 1.77. The Bertz CT molecular complexity index is 138. The summed E-state index contributed by atoms with van der Waals surface area (Å²) in [4.78, 5) is 9.95. The predicted molar refractivity (Wildman–Crippen MR) is 32.1 cm³/mol. The molecule has 0 aromatic carbocycles. The van der Waals surface area contributed by atoms with Crippen molar-refractivity contribution in [3.8, 4) is 0 Å². The van der Waals surface area contributed by atoms with Crippen molar-refractivity contribution in [1.82, 2.24) is 0 Å². The van der Waals surface area contributed by atoms with Crippen LogP contribution >= 0.6 is 0 Å². The Morgan fingerprint density at radius 2 is 2.22 bits per heavy atom. The SMILES string of the molecule is O=[C-]C1C=CC=CC1.[Ho]. The van der Waals surface area contributed by atoms with Crippen molar-refractivity contribution in [2.45, 2.75) is 6.42 Å². The van der Waals surface area contributed by atoms with Gasteiger partial charge >= 0.3 is 0 Å². The molecule has 9 heavy (non-hydrogen) atoms. The van der Waals surface area contributed by atoms with Crippen LogP contribution in [0.25, 0.3) is 0 Å². The first kappa shape index (κ1) is 9.41. The van der Waals surface area contributed by atoms with Gasteiger partial charge in [0.15, 0.2) is 0 Å². The Morgan fingerprint density at radius 1 is 1.44 bits per heavy atom. The van der Waals surface area contributed by atoms with Crippen LogP contribution < -0.4 is 0 Å². The Hall–Kier alpha value is 0.410. The van der Waals surface area contributed by atoms with Crippen LogP contribution in [0, 0.1) is 43.7 Å². The normalized spacial score (nSPS) is 22.9. The van der Waals surface area contributed by atoms with Gasteiger partial charge in [-0.05, 0) is 0 Å². The number of hydrogen-bond donors (Lipinski definition) is 0. The van der Waals surface area contributed by atoms with Gasteiger partial charge in [0.05, 0.1) is 0 Å². The summed E-state index contributed by atoms with van der Waals surface area (Å²) in [6, 6.07) is 0.